The van der Waals surface area contributed by atoms with E-state index in [1.807, 2.05) is 33.8 Å². The Morgan fingerprint density at radius 2 is 1.87 bits per heavy atom. The van der Waals surface area contributed by atoms with Crippen LogP contribution in [-0.4, -0.2) is 37.0 Å². The second-order valence-electron chi connectivity index (χ2n) is 6.50. The van der Waals surface area contributed by atoms with Crippen molar-refractivity contribution in [1.29, 1.82) is 5.26 Å². The molecule has 1 atom stereocenters. The SMILES string of the molecule is CC[NH+](CC(=O)Nc1cccc(C#N)c1)CC(=O)NC(C)(C)C. The number of amides is 2. The van der Waals surface area contributed by atoms with Gasteiger partial charge in [0, 0.05) is 11.2 Å². The molecule has 0 aromatic heterocycles. The van der Waals surface area contributed by atoms with Crippen molar-refractivity contribution in [3.8, 4) is 6.07 Å². The maximum absolute atomic E-state index is 12.1. The monoisotopic (exact) mass is 317 g/mol. The summed E-state index contributed by atoms with van der Waals surface area (Å²) in [6.45, 7) is 8.82. The number of hydrogen-bond donors (Lipinski definition) is 3. The number of likely N-dealkylation sites (N-methyl/N-ethyl adjacent to an activating group) is 1. The van der Waals surface area contributed by atoms with E-state index >= 15 is 0 Å². The second-order valence-corrected chi connectivity index (χ2v) is 6.50. The minimum absolute atomic E-state index is 0.0753. The molecule has 1 rings (SSSR count). The molecule has 0 fully saturated rings. The van der Waals surface area contributed by atoms with Gasteiger partial charge in [0.25, 0.3) is 11.8 Å². The van der Waals surface area contributed by atoms with Gasteiger partial charge in [0.15, 0.2) is 13.1 Å². The van der Waals surface area contributed by atoms with Crippen molar-refractivity contribution in [2.75, 3.05) is 25.0 Å². The van der Waals surface area contributed by atoms with E-state index in [2.05, 4.69) is 10.6 Å². The Hall–Kier alpha value is -2.39. The van der Waals surface area contributed by atoms with E-state index in [4.69, 9.17) is 5.26 Å². The van der Waals surface area contributed by atoms with Crippen LogP contribution in [0.3, 0.4) is 0 Å². The minimum Gasteiger partial charge on any atom is -0.347 e. The van der Waals surface area contributed by atoms with Crippen LogP contribution in [0.15, 0.2) is 24.3 Å². The van der Waals surface area contributed by atoms with E-state index in [1.54, 1.807) is 24.3 Å². The van der Waals surface area contributed by atoms with Gasteiger partial charge in [-0.05, 0) is 45.9 Å². The highest BCUT2D eigenvalue weighted by Crippen LogP contribution is 2.09. The Bertz CT molecular complexity index is 599. The number of rotatable bonds is 6. The van der Waals surface area contributed by atoms with E-state index in [0.717, 1.165) is 4.90 Å². The fourth-order valence-corrected chi connectivity index (χ4v) is 2.10. The summed E-state index contributed by atoms with van der Waals surface area (Å²) in [5.41, 5.74) is 0.798. The minimum atomic E-state index is -0.282. The number of nitrogens with zero attached hydrogens (tertiary/aromatic N) is 1. The van der Waals surface area contributed by atoms with Gasteiger partial charge >= 0.3 is 0 Å². The van der Waals surface area contributed by atoms with Crippen LogP contribution in [0.5, 0.6) is 0 Å². The summed E-state index contributed by atoms with van der Waals surface area (Å²) < 4.78 is 0. The summed E-state index contributed by atoms with van der Waals surface area (Å²) in [6, 6.07) is 8.78. The van der Waals surface area contributed by atoms with Crippen molar-refractivity contribution in [2.24, 2.45) is 0 Å². The summed E-state index contributed by atoms with van der Waals surface area (Å²) in [7, 11) is 0. The third-order valence-electron chi connectivity index (χ3n) is 3.11. The Morgan fingerprint density at radius 3 is 2.43 bits per heavy atom. The molecule has 0 spiro atoms. The zero-order valence-electron chi connectivity index (χ0n) is 14.2. The Labute approximate surface area is 137 Å². The maximum atomic E-state index is 12.1. The number of anilines is 1. The molecule has 0 bridgehead atoms. The Balaban J connectivity index is 2.56. The standard InChI is InChI=1S/C17H24N4O2/c1-5-21(12-16(23)20-17(2,3)4)11-15(22)19-14-8-6-7-13(9-14)10-18/h6-9H,5,11-12H2,1-4H3,(H,19,22)(H,20,23)/p+1. The molecule has 1 unspecified atom stereocenters. The lowest BCUT2D eigenvalue weighted by molar-refractivity contribution is -0.881. The molecule has 1 aromatic carbocycles. The molecule has 6 nitrogen and oxygen atoms in total. The molecule has 0 aliphatic carbocycles. The molecular weight excluding hydrogens is 292 g/mol. The highest BCUT2D eigenvalue weighted by atomic mass is 16.2. The van der Waals surface area contributed by atoms with Gasteiger partial charge in [-0.3, -0.25) is 9.59 Å². The summed E-state index contributed by atoms with van der Waals surface area (Å²) in [4.78, 5) is 24.9. The predicted molar refractivity (Wildman–Crippen MR) is 88.9 cm³/mol. The molecule has 0 heterocycles. The Morgan fingerprint density at radius 1 is 1.22 bits per heavy atom. The first kappa shape index (κ1) is 18.7. The van der Waals surface area contributed by atoms with E-state index in [-0.39, 0.29) is 30.4 Å². The number of benzene rings is 1. The lowest BCUT2D eigenvalue weighted by Gasteiger charge is -2.23. The first-order chi connectivity index (χ1) is 10.7. The Kier molecular flexibility index (Phi) is 6.73. The highest BCUT2D eigenvalue weighted by molar-refractivity contribution is 5.91. The van der Waals surface area contributed by atoms with E-state index in [9.17, 15) is 9.59 Å². The topological polar surface area (TPSA) is 86.4 Å². The van der Waals surface area contributed by atoms with Crippen molar-refractivity contribution in [1.82, 2.24) is 5.32 Å². The predicted octanol–water partition coefficient (Wildman–Crippen LogP) is 0.316. The second kappa shape index (κ2) is 8.30. The summed E-state index contributed by atoms with van der Waals surface area (Å²) in [6.07, 6.45) is 0. The quantitative estimate of drug-likeness (QED) is 0.706. The molecule has 0 radical (unpaired) electrons. The average molecular weight is 317 g/mol. The molecule has 3 N–H and O–H groups in total. The molecule has 124 valence electrons. The van der Waals surface area contributed by atoms with Gasteiger partial charge in [0.1, 0.15) is 0 Å². The molecule has 0 aliphatic rings. The molecular formula is C17H25N4O2+. The van der Waals surface area contributed by atoms with E-state index in [0.29, 0.717) is 17.8 Å². The number of nitrogens with one attached hydrogen (secondary N) is 3. The van der Waals surface area contributed by atoms with Crippen LogP contribution in [-0.2, 0) is 9.59 Å². The molecule has 23 heavy (non-hydrogen) atoms. The zero-order chi connectivity index (χ0) is 17.5. The lowest BCUT2D eigenvalue weighted by atomic mass is 10.1. The van der Waals surface area contributed by atoms with Crippen LogP contribution in [0.4, 0.5) is 5.69 Å². The van der Waals surface area contributed by atoms with Crippen molar-refractivity contribution in [3.63, 3.8) is 0 Å². The fourth-order valence-electron chi connectivity index (χ4n) is 2.10. The summed E-state index contributed by atoms with van der Waals surface area (Å²) >= 11 is 0. The number of quaternary nitrogens is 1. The normalized spacial score (nSPS) is 12.1. The van der Waals surface area contributed by atoms with Crippen LogP contribution in [0.25, 0.3) is 0 Å². The van der Waals surface area contributed by atoms with Gasteiger partial charge in [-0.1, -0.05) is 6.07 Å². The zero-order valence-corrected chi connectivity index (χ0v) is 14.2. The van der Waals surface area contributed by atoms with Crippen LogP contribution >= 0.6 is 0 Å². The van der Waals surface area contributed by atoms with Gasteiger partial charge < -0.3 is 15.5 Å². The van der Waals surface area contributed by atoms with E-state index in [1.165, 1.54) is 0 Å². The van der Waals surface area contributed by atoms with Crippen LogP contribution in [0, 0.1) is 11.3 Å². The summed E-state index contributed by atoms with van der Waals surface area (Å²) in [5.74, 6) is -0.255. The third kappa shape index (κ3) is 7.43. The molecule has 0 saturated heterocycles. The van der Waals surface area contributed by atoms with Crippen LogP contribution in [0.2, 0.25) is 0 Å². The highest BCUT2D eigenvalue weighted by Gasteiger charge is 2.20. The van der Waals surface area contributed by atoms with Gasteiger partial charge in [0.05, 0.1) is 18.2 Å². The average Bonchev–Trinajstić information content (AvgIpc) is 2.44. The molecule has 6 heteroatoms. The summed E-state index contributed by atoms with van der Waals surface area (Å²) in [5, 5.41) is 14.5. The molecule has 1 aromatic rings. The number of carbonyl (C=O) groups is 2. The fraction of sp³-hybridized carbons (Fsp3) is 0.471. The van der Waals surface area contributed by atoms with Gasteiger partial charge in [-0.2, -0.15) is 5.26 Å². The lowest BCUT2D eigenvalue weighted by Crippen LogP contribution is -3.14. The van der Waals surface area contributed by atoms with Crippen molar-refractivity contribution in [2.45, 2.75) is 33.2 Å². The van der Waals surface area contributed by atoms with Crippen molar-refractivity contribution in [3.05, 3.63) is 29.8 Å². The van der Waals surface area contributed by atoms with Crippen LogP contribution < -0.4 is 15.5 Å². The maximum Gasteiger partial charge on any atom is 0.279 e. The number of hydrogen-bond acceptors (Lipinski definition) is 3. The molecule has 2 amide bonds. The van der Waals surface area contributed by atoms with E-state index < -0.39 is 0 Å². The largest absolute Gasteiger partial charge is 0.347 e. The number of nitriles is 1. The van der Waals surface area contributed by atoms with Crippen molar-refractivity contribution < 1.29 is 14.5 Å². The first-order valence-electron chi connectivity index (χ1n) is 7.68. The van der Waals surface area contributed by atoms with Gasteiger partial charge in [-0.15, -0.1) is 0 Å². The van der Waals surface area contributed by atoms with Crippen LogP contribution in [0.1, 0.15) is 33.3 Å². The molecule has 0 saturated carbocycles. The van der Waals surface area contributed by atoms with Gasteiger partial charge in [-0.25, -0.2) is 0 Å². The molecule has 0 aliphatic heterocycles. The first-order valence-corrected chi connectivity index (χ1v) is 7.68. The number of carbonyl (C=O) groups excluding carboxylic acids is 2. The third-order valence-corrected chi connectivity index (χ3v) is 3.11. The van der Waals surface area contributed by atoms with Crippen molar-refractivity contribution >= 4 is 17.5 Å². The van der Waals surface area contributed by atoms with Gasteiger partial charge in [0.2, 0.25) is 0 Å². The smallest absolute Gasteiger partial charge is 0.279 e.